The lowest BCUT2D eigenvalue weighted by Gasteiger charge is -2.39. The summed E-state index contributed by atoms with van der Waals surface area (Å²) in [6.07, 6.45) is 4.27. The zero-order valence-corrected chi connectivity index (χ0v) is 11.9. The maximum atomic E-state index is 12.5. The van der Waals surface area contributed by atoms with Crippen LogP contribution in [0.5, 0.6) is 0 Å². The lowest BCUT2D eigenvalue weighted by Crippen LogP contribution is -2.43. The van der Waals surface area contributed by atoms with Gasteiger partial charge in [-0.25, -0.2) is 4.79 Å². The molecule has 3 rings (SSSR count). The minimum absolute atomic E-state index is 0.152. The van der Waals surface area contributed by atoms with Crippen molar-refractivity contribution in [3.63, 3.8) is 0 Å². The second-order valence-corrected chi connectivity index (χ2v) is 6.27. The highest BCUT2D eigenvalue weighted by Gasteiger charge is 2.52. The Hall–Kier alpha value is -1.52. The van der Waals surface area contributed by atoms with E-state index in [1.165, 1.54) is 0 Å². The predicted molar refractivity (Wildman–Crippen MR) is 71.2 cm³/mol. The minimum Gasteiger partial charge on any atom is -0.448 e. The first kappa shape index (κ1) is 14.4. The van der Waals surface area contributed by atoms with E-state index in [0.717, 1.165) is 24.0 Å². The number of carbonyl (C=O) groups is 1. The fourth-order valence-electron chi connectivity index (χ4n) is 3.84. The quantitative estimate of drug-likeness (QED) is 0.685. The monoisotopic (exact) mass is 298 g/mol. The fraction of sp³-hybridized carbons (Fsp3) is 0.562. The molecule has 4 atom stereocenters. The van der Waals surface area contributed by atoms with Crippen molar-refractivity contribution < 1.29 is 22.7 Å². The normalized spacial score (nSPS) is 37.7. The first-order valence-electron chi connectivity index (χ1n) is 7.14. The van der Waals surface area contributed by atoms with E-state index in [0.29, 0.717) is 11.8 Å². The van der Waals surface area contributed by atoms with Gasteiger partial charge in [0.1, 0.15) is 5.60 Å². The van der Waals surface area contributed by atoms with E-state index < -0.39 is 17.7 Å². The Bertz CT molecular complexity index is 571. The number of ether oxygens (including phenoxy) is 1. The summed E-state index contributed by atoms with van der Waals surface area (Å²) in [7, 11) is 0. The Kier molecular flexibility index (Phi) is 3.08. The minimum atomic E-state index is -4.96. The van der Waals surface area contributed by atoms with Crippen LogP contribution in [-0.4, -0.2) is 17.7 Å². The number of rotatable bonds is 1. The van der Waals surface area contributed by atoms with Crippen molar-refractivity contribution in [3.05, 3.63) is 35.5 Å². The highest BCUT2D eigenvalue weighted by atomic mass is 19.4. The lowest BCUT2D eigenvalue weighted by atomic mass is 9.72. The second kappa shape index (κ2) is 4.49. The van der Waals surface area contributed by atoms with Crippen LogP contribution in [0.4, 0.5) is 13.2 Å². The molecule has 0 aromatic heterocycles. The standard InChI is InChI=1S/C16H17F3O2/c1-9-3-4-10-7-8-15(2,21-14(20)16(17,18)19)12-6-5-11(9)13(10)12/h3-4,7-9,11-12H,5-6H2,1-2H3. The van der Waals surface area contributed by atoms with Crippen LogP contribution >= 0.6 is 0 Å². The third-order valence-electron chi connectivity index (χ3n) is 4.92. The molecule has 0 spiro atoms. The summed E-state index contributed by atoms with van der Waals surface area (Å²) in [5.41, 5.74) is 1.02. The van der Waals surface area contributed by atoms with E-state index in [1.807, 2.05) is 6.08 Å². The van der Waals surface area contributed by atoms with Gasteiger partial charge in [-0.2, -0.15) is 13.2 Å². The van der Waals surface area contributed by atoms with Crippen LogP contribution in [0.2, 0.25) is 0 Å². The van der Waals surface area contributed by atoms with Crippen LogP contribution < -0.4 is 0 Å². The van der Waals surface area contributed by atoms with Gasteiger partial charge in [0.15, 0.2) is 0 Å². The molecule has 0 heterocycles. The Morgan fingerprint density at radius 1 is 1.33 bits per heavy atom. The van der Waals surface area contributed by atoms with Gasteiger partial charge in [0.05, 0.1) is 0 Å². The van der Waals surface area contributed by atoms with Crippen molar-refractivity contribution >= 4 is 5.97 Å². The van der Waals surface area contributed by atoms with Crippen molar-refractivity contribution in [2.24, 2.45) is 17.8 Å². The highest BCUT2D eigenvalue weighted by Crippen LogP contribution is 2.53. The summed E-state index contributed by atoms with van der Waals surface area (Å²) in [6, 6.07) is 0. The van der Waals surface area contributed by atoms with Crippen LogP contribution in [0.25, 0.3) is 0 Å². The molecule has 21 heavy (non-hydrogen) atoms. The van der Waals surface area contributed by atoms with Crippen molar-refractivity contribution in [2.75, 3.05) is 0 Å². The van der Waals surface area contributed by atoms with E-state index in [-0.39, 0.29) is 5.92 Å². The molecule has 0 aromatic carbocycles. The number of carbonyl (C=O) groups excluding carboxylic acids is 1. The Balaban J connectivity index is 1.91. The molecule has 2 nitrogen and oxygen atoms in total. The summed E-state index contributed by atoms with van der Waals surface area (Å²) < 4.78 is 42.3. The van der Waals surface area contributed by atoms with Gasteiger partial charge in [0.2, 0.25) is 0 Å². The maximum Gasteiger partial charge on any atom is 0.490 e. The zero-order valence-electron chi connectivity index (χ0n) is 11.9. The average Bonchev–Trinajstić information content (AvgIpc) is 2.83. The number of allylic oxidation sites excluding steroid dienone is 4. The molecular weight excluding hydrogens is 281 g/mol. The molecule has 4 unspecified atom stereocenters. The molecule has 114 valence electrons. The van der Waals surface area contributed by atoms with Gasteiger partial charge in [-0.05, 0) is 43.3 Å². The molecule has 1 saturated carbocycles. The predicted octanol–water partition coefficient (Wildman–Crippen LogP) is 3.95. The SMILES string of the molecule is CC1C=CC2=C3C1CCC3C(C)(OC(=O)C(F)(F)F)C=C2. The van der Waals surface area contributed by atoms with Crippen molar-refractivity contribution in [1.29, 1.82) is 0 Å². The molecule has 0 bridgehead atoms. The fourth-order valence-corrected chi connectivity index (χ4v) is 3.84. The number of halogens is 3. The molecule has 0 radical (unpaired) electrons. The molecule has 0 N–H and O–H groups in total. The lowest BCUT2D eigenvalue weighted by molar-refractivity contribution is -0.211. The Morgan fingerprint density at radius 3 is 2.71 bits per heavy atom. The van der Waals surface area contributed by atoms with E-state index in [9.17, 15) is 18.0 Å². The van der Waals surface area contributed by atoms with Gasteiger partial charge in [0.25, 0.3) is 0 Å². The molecule has 3 aliphatic carbocycles. The summed E-state index contributed by atoms with van der Waals surface area (Å²) in [5.74, 6) is -1.53. The largest absolute Gasteiger partial charge is 0.490 e. The second-order valence-electron chi connectivity index (χ2n) is 6.27. The Labute approximate surface area is 121 Å². The van der Waals surface area contributed by atoms with E-state index >= 15 is 0 Å². The van der Waals surface area contributed by atoms with Crippen molar-refractivity contribution in [3.8, 4) is 0 Å². The first-order chi connectivity index (χ1) is 9.72. The van der Waals surface area contributed by atoms with Gasteiger partial charge < -0.3 is 4.74 Å². The van der Waals surface area contributed by atoms with E-state index in [1.54, 1.807) is 19.1 Å². The molecule has 3 aliphatic rings. The zero-order chi connectivity index (χ0) is 15.4. The van der Waals surface area contributed by atoms with Crippen LogP contribution in [0.1, 0.15) is 26.7 Å². The van der Waals surface area contributed by atoms with Gasteiger partial charge >= 0.3 is 12.1 Å². The van der Waals surface area contributed by atoms with Gasteiger partial charge in [0, 0.05) is 5.92 Å². The topological polar surface area (TPSA) is 26.3 Å². The van der Waals surface area contributed by atoms with Crippen LogP contribution in [0.15, 0.2) is 35.5 Å². The smallest absolute Gasteiger partial charge is 0.448 e. The van der Waals surface area contributed by atoms with Crippen molar-refractivity contribution in [1.82, 2.24) is 0 Å². The van der Waals surface area contributed by atoms with E-state index in [4.69, 9.17) is 4.74 Å². The Morgan fingerprint density at radius 2 is 2.05 bits per heavy atom. The van der Waals surface area contributed by atoms with Crippen LogP contribution in [0, 0.1) is 17.8 Å². The number of hydrogen-bond acceptors (Lipinski definition) is 2. The third-order valence-corrected chi connectivity index (χ3v) is 4.92. The summed E-state index contributed by atoms with van der Waals surface area (Å²) in [6.45, 7) is 3.69. The molecule has 0 aliphatic heterocycles. The van der Waals surface area contributed by atoms with Gasteiger partial charge in [-0.3, -0.25) is 0 Å². The molecule has 5 heteroatoms. The number of hydrogen-bond donors (Lipinski definition) is 0. The third kappa shape index (κ3) is 2.23. The average molecular weight is 298 g/mol. The maximum absolute atomic E-state index is 12.5. The molecular formula is C16H17F3O2. The summed E-state index contributed by atoms with van der Waals surface area (Å²) in [5, 5.41) is 0. The van der Waals surface area contributed by atoms with Crippen molar-refractivity contribution in [2.45, 2.75) is 38.5 Å². The summed E-state index contributed by atoms with van der Waals surface area (Å²) in [4.78, 5) is 11.2. The van der Waals surface area contributed by atoms with Gasteiger partial charge in [-0.15, -0.1) is 0 Å². The first-order valence-corrected chi connectivity index (χ1v) is 7.14. The van der Waals surface area contributed by atoms with E-state index in [2.05, 4.69) is 13.0 Å². The number of alkyl halides is 3. The highest BCUT2D eigenvalue weighted by molar-refractivity contribution is 5.76. The molecule has 0 saturated heterocycles. The van der Waals surface area contributed by atoms with Crippen LogP contribution in [0.3, 0.4) is 0 Å². The number of esters is 1. The van der Waals surface area contributed by atoms with Gasteiger partial charge in [-0.1, -0.05) is 30.7 Å². The molecule has 1 fully saturated rings. The molecule has 0 aromatic rings. The van der Waals surface area contributed by atoms with Crippen LogP contribution in [-0.2, 0) is 9.53 Å². The summed E-state index contributed by atoms with van der Waals surface area (Å²) >= 11 is 0. The molecule has 0 amide bonds.